The fourth-order valence-electron chi connectivity index (χ4n) is 3.07. The average molecular weight is 242 g/mol. The van der Waals surface area contributed by atoms with Gasteiger partial charge < -0.3 is 10.2 Å². The van der Waals surface area contributed by atoms with Crippen LogP contribution in [-0.4, -0.2) is 48.6 Å². The molecule has 1 N–H and O–H groups in total. The number of nitrogens with zero attached hydrogens (tertiary/aromatic N) is 1. The number of nitrogens with one attached hydrogen (secondary N) is 1. The molecule has 2 aliphatic rings. The Balaban J connectivity index is 1.80. The van der Waals surface area contributed by atoms with Crippen molar-refractivity contribution in [2.45, 2.75) is 38.6 Å². The van der Waals surface area contributed by atoms with Crippen molar-refractivity contribution in [2.75, 3.05) is 37.7 Å². The minimum absolute atomic E-state index is 0.799. The maximum Gasteiger partial charge on any atom is 0.0107 e. The molecule has 3 heteroatoms. The van der Waals surface area contributed by atoms with Crippen LogP contribution in [-0.2, 0) is 0 Å². The van der Waals surface area contributed by atoms with Gasteiger partial charge in [-0.3, -0.25) is 0 Å². The van der Waals surface area contributed by atoms with Crippen LogP contribution in [0, 0.1) is 5.92 Å². The first-order valence-electron chi connectivity index (χ1n) is 6.93. The average Bonchev–Trinajstić information content (AvgIpc) is 2.33. The van der Waals surface area contributed by atoms with Crippen LogP contribution < -0.4 is 5.32 Å². The Morgan fingerprint density at radius 3 is 2.69 bits per heavy atom. The summed E-state index contributed by atoms with van der Waals surface area (Å²) in [5.74, 6) is 3.61. The van der Waals surface area contributed by atoms with E-state index in [4.69, 9.17) is 0 Å². The summed E-state index contributed by atoms with van der Waals surface area (Å²) in [4.78, 5) is 2.69. The lowest BCUT2D eigenvalue weighted by atomic mass is 9.84. The first-order valence-corrected chi connectivity index (χ1v) is 8.09. The van der Waals surface area contributed by atoms with Crippen LogP contribution in [0.15, 0.2) is 0 Å². The van der Waals surface area contributed by atoms with Gasteiger partial charge in [-0.2, -0.15) is 11.8 Å². The van der Waals surface area contributed by atoms with Crippen molar-refractivity contribution in [1.82, 2.24) is 10.2 Å². The van der Waals surface area contributed by atoms with Crippen molar-refractivity contribution in [3.8, 4) is 0 Å². The van der Waals surface area contributed by atoms with Gasteiger partial charge in [-0.15, -0.1) is 0 Å². The molecule has 1 saturated carbocycles. The maximum absolute atomic E-state index is 3.69. The molecule has 0 radical (unpaired) electrons. The summed E-state index contributed by atoms with van der Waals surface area (Å²) in [6.07, 6.45) is 5.74. The molecule has 2 nitrogen and oxygen atoms in total. The van der Waals surface area contributed by atoms with E-state index in [0.717, 1.165) is 18.5 Å². The second kappa shape index (κ2) is 6.87. The Labute approximate surface area is 105 Å². The van der Waals surface area contributed by atoms with Crippen molar-refractivity contribution >= 4 is 11.8 Å². The second-order valence-corrected chi connectivity index (χ2v) is 6.35. The minimum atomic E-state index is 0.799. The number of hydrogen-bond donors (Lipinski definition) is 1. The molecule has 0 aromatic heterocycles. The van der Waals surface area contributed by atoms with E-state index < -0.39 is 0 Å². The SMILES string of the molecule is CCNC1CCCCC1CN1CCSCC1. The summed E-state index contributed by atoms with van der Waals surface area (Å²) >= 11 is 2.11. The van der Waals surface area contributed by atoms with Crippen LogP contribution in [0.25, 0.3) is 0 Å². The summed E-state index contributed by atoms with van der Waals surface area (Å²) in [5.41, 5.74) is 0. The van der Waals surface area contributed by atoms with E-state index in [1.165, 1.54) is 56.8 Å². The Hall–Kier alpha value is 0.270. The number of hydrogen-bond acceptors (Lipinski definition) is 3. The molecule has 1 heterocycles. The third-order valence-corrected chi connectivity index (χ3v) is 4.91. The monoisotopic (exact) mass is 242 g/mol. The molecule has 94 valence electrons. The van der Waals surface area contributed by atoms with E-state index in [1.807, 2.05) is 0 Å². The third kappa shape index (κ3) is 3.64. The maximum atomic E-state index is 3.69. The van der Waals surface area contributed by atoms with Gasteiger partial charge >= 0.3 is 0 Å². The summed E-state index contributed by atoms with van der Waals surface area (Å²) in [7, 11) is 0. The molecule has 0 aromatic carbocycles. The predicted octanol–water partition coefficient (Wildman–Crippen LogP) is 2.20. The second-order valence-electron chi connectivity index (χ2n) is 5.12. The van der Waals surface area contributed by atoms with Gasteiger partial charge in [0.2, 0.25) is 0 Å². The smallest absolute Gasteiger partial charge is 0.0107 e. The van der Waals surface area contributed by atoms with Crippen molar-refractivity contribution in [3.63, 3.8) is 0 Å². The van der Waals surface area contributed by atoms with Crippen molar-refractivity contribution in [3.05, 3.63) is 0 Å². The Kier molecular flexibility index (Phi) is 5.46. The Morgan fingerprint density at radius 2 is 1.94 bits per heavy atom. The minimum Gasteiger partial charge on any atom is -0.314 e. The Bertz CT molecular complexity index is 190. The molecule has 2 fully saturated rings. The molecule has 1 aliphatic carbocycles. The summed E-state index contributed by atoms with van der Waals surface area (Å²) in [5, 5.41) is 3.69. The molecule has 2 atom stereocenters. The highest BCUT2D eigenvalue weighted by molar-refractivity contribution is 7.99. The van der Waals surface area contributed by atoms with Gasteiger partial charge in [-0.1, -0.05) is 19.8 Å². The van der Waals surface area contributed by atoms with E-state index in [9.17, 15) is 0 Å². The standard InChI is InChI=1S/C13H26N2S/c1-2-14-13-6-4-3-5-12(13)11-15-7-9-16-10-8-15/h12-14H,2-11H2,1H3. The first kappa shape index (κ1) is 12.7. The lowest BCUT2D eigenvalue weighted by molar-refractivity contribution is 0.178. The molecular weight excluding hydrogens is 216 g/mol. The molecule has 16 heavy (non-hydrogen) atoms. The lowest BCUT2D eigenvalue weighted by Gasteiger charge is -2.37. The van der Waals surface area contributed by atoms with Crippen molar-refractivity contribution in [1.29, 1.82) is 0 Å². The zero-order valence-electron chi connectivity index (χ0n) is 10.6. The molecule has 2 unspecified atom stereocenters. The van der Waals surface area contributed by atoms with E-state index >= 15 is 0 Å². The highest BCUT2D eigenvalue weighted by Crippen LogP contribution is 2.26. The van der Waals surface area contributed by atoms with E-state index in [1.54, 1.807) is 0 Å². The van der Waals surface area contributed by atoms with Gasteiger partial charge in [-0.25, -0.2) is 0 Å². The zero-order chi connectivity index (χ0) is 11.2. The lowest BCUT2D eigenvalue weighted by Crippen LogP contribution is -2.46. The molecule has 0 bridgehead atoms. The third-order valence-electron chi connectivity index (χ3n) is 3.97. The van der Waals surface area contributed by atoms with Crippen LogP contribution in [0.4, 0.5) is 0 Å². The molecule has 0 amide bonds. The summed E-state index contributed by atoms with van der Waals surface area (Å²) in [6, 6.07) is 0.799. The van der Waals surface area contributed by atoms with E-state index in [2.05, 4.69) is 28.9 Å². The fraction of sp³-hybridized carbons (Fsp3) is 1.00. The van der Waals surface area contributed by atoms with Crippen LogP contribution in [0.2, 0.25) is 0 Å². The molecule has 0 aromatic rings. The molecule has 2 rings (SSSR count). The van der Waals surface area contributed by atoms with Gasteiger partial charge in [0.25, 0.3) is 0 Å². The molecule has 1 aliphatic heterocycles. The van der Waals surface area contributed by atoms with Crippen LogP contribution in [0.5, 0.6) is 0 Å². The van der Waals surface area contributed by atoms with Crippen molar-refractivity contribution in [2.24, 2.45) is 5.92 Å². The van der Waals surface area contributed by atoms with E-state index in [-0.39, 0.29) is 0 Å². The van der Waals surface area contributed by atoms with Gasteiger partial charge in [0, 0.05) is 37.2 Å². The molecular formula is C13H26N2S. The predicted molar refractivity (Wildman–Crippen MR) is 73.2 cm³/mol. The van der Waals surface area contributed by atoms with Gasteiger partial charge in [0.05, 0.1) is 0 Å². The topological polar surface area (TPSA) is 15.3 Å². The largest absolute Gasteiger partial charge is 0.314 e. The normalized spacial score (nSPS) is 32.8. The van der Waals surface area contributed by atoms with E-state index in [0.29, 0.717) is 0 Å². The molecule has 1 saturated heterocycles. The summed E-state index contributed by atoms with van der Waals surface area (Å²) < 4.78 is 0. The van der Waals surface area contributed by atoms with Gasteiger partial charge in [0.1, 0.15) is 0 Å². The highest BCUT2D eigenvalue weighted by Gasteiger charge is 2.26. The highest BCUT2D eigenvalue weighted by atomic mass is 32.2. The van der Waals surface area contributed by atoms with Crippen LogP contribution in [0.1, 0.15) is 32.6 Å². The van der Waals surface area contributed by atoms with Gasteiger partial charge in [0.15, 0.2) is 0 Å². The van der Waals surface area contributed by atoms with Crippen molar-refractivity contribution < 1.29 is 0 Å². The Morgan fingerprint density at radius 1 is 1.19 bits per heavy atom. The first-order chi connectivity index (χ1) is 7.90. The van der Waals surface area contributed by atoms with Crippen LogP contribution in [0.3, 0.4) is 0 Å². The zero-order valence-corrected chi connectivity index (χ0v) is 11.4. The van der Waals surface area contributed by atoms with Crippen LogP contribution >= 0.6 is 11.8 Å². The van der Waals surface area contributed by atoms with Gasteiger partial charge in [-0.05, 0) is 25.3 Å². The summed E-state index contributed by atoms with van der Waals surface area (Å²) in [6.45, 7) is 7.36. The quantitative estimate of drug-likeness (QED) is 0.814. The molecule has 0 spiro atoms. The fourth-order valence-corrected chi connectivity index (χ4v) is 4.05. The number of thioether (sulfide) groups is 1. The number of rotatable bonds is 4.